The molecule has 0 heterocycles. The quantitative estimate of drug-likeness (QED) is 0.382. The van der Waals surface area contributed by atoms with E-state index in [1.807, 2.05) is 6.07 Å². The number of carbonyl (C=O) groups is 2. The SMILES string of the molecule is CCOC(=O)C(F)(F)/C=C(/c1ccccc1)c1ccc(C(=O)c2ccccc2)cc1. The fourth-order valence-corrected chi connectivity index (χ4v) is 2.98. The van der Waals surface area contributed by atoms with Gasteiger partial charge in [0.25, 0.3) is 0 Å². The lowest BCUT2D eigenvalue weighted by molar-refractivity contribution is -0.164. The Hall–Kier alpha value is -3.60. The largest absolute Gasteiger partial charge is 0.461 e. The van der Waals surface area contributed by atoms with E-state index >= 15 is 0 Å². The summed E-state index contributed by atoms with van der Waals surface area (Å²) in [5.41, 5.74) is 2.12. The van der Waals surface area contributed by atoms with Crippen LogP contribution in [0, 0.1) is 0 Å². The normalized spacial score (nSPS) is 11.8. The van der Waals surface area contributed by atoms with Crippen molar-refractivity contribution < 1.29 is 23.1 Å². The fourth-order valence-electron chi connectivity index (χ4n) is 2.98. The molecule has 0 aliphatic heterocycles. The van der Waals surface area contributed by atoms with E-state index in [0.29, 0.717) is 28.3 Å². The maximum atomic E-state index is 14.4. The van der Waals surface area contributed by atoms with Crippen LogP contribution < -0.4 is 0 Å². The first-order valence-electron chi connectivity index (χ1n) is 9.46. The summed E-state index contributed by atoms with van der Waals surface area (Å²) in [5, 5.41) is 0. The van der Waals surface area contributed by atoms with E-state index < -0.39 is 11.9 Å². The molecule has 0 radical (unpaired) electrons. The summed E-state index contributed by atoms with van der Waals surface area (Å²) in [5.74, 6) is -5.56. The molecule has 0 spiro atoms. The van der Waals surface area contributed by atoms with Crippen LogP contribution in [0.15, 0.2) is 91.0 Å². The molecule has 0 N–H and O–H groups in total. The molecule has 0 atom stereocenters. The summed E-state index contributed by atoms with van der Waals surface area (Å²) >= 11 is 0. The summed E-state index contributed by atoms with van der Waals surface area (Å²) in [7, 11) is 0. The Balaban J connectivity index is 2.00. The third-order valence-corrected chi connectivity index (χ3v) is 4.45. The summed E-state index contributed by atoms with van der Waals surface area (Å²) in [6.07, 6.45) is 0.606. The van der Waals surface area contributed by atoms with Gasteiger partial charge in [0.1, 0.15) is 0 Å². The molecule has 3 rings (SSSR count). The van der Waals surface area contributed by atoms with Gasteiger partial charge in [-0.3, -0.25) is 4.79 Å². The molecule has 0 saturated heterocycles. The van der Waals surface area contributed by atoms with Crippen LogP contribution in [0.5, 0.6) is 0 Å². The van der Waals surface area contributed by atoms with E-state index in [1.54, 1.807) is 78.9 Å². The molecule has 0 fully saturated rings. The molecule has 0 aliphatic carbocycles. The Morgan fingerprint density at radius 1 is 0.767 bits per heavy atom. The van der Waals surface area contributed by atoms with Crippen LogP contribution in [0.2, 0.25) is 0 Å². The third-order valence-electron chi connectivity index (χ3n) is 4.45. The molecular formula is C25H20F2O3. The minimum absolute atomic E-state index is 0.140. The Morgan fingerprint density at radius 3 is 1.73 bits per heavy atom. The van der Waals surface area contributed by atoms with Crippen molar-refractivity contribution in [2.24, 2.45) is 0 Å². The van der Waals surface area contributed by atoms with Crippen molar-refractivity contribution in [1.82, 2.24) is 0 Å². The molecule has 0 bridgehead atoms. The predicted molar refractivity (Wildman–Crippen MR) is 111 cm³/mol. The van der Waals surface area contributed by atoms with Gasteiger partial charge in [-0.2, -0.15) is 8.78 Å². The monoisotopic (exact) mass is 406 g/mol. The number of carbonyl (C=O) groups excluding carboxylic acids is 2. The van der Waals surface area contributed by atoms with Crippen LogP contribution >= 0.6 is 0 Å². The molecule has 3 aromatic rings. The number of esters is 1. The first-order chi connectivity index (χ1) is 14.4. The summed E-state index contributed by atoms with van der Waals surface area (Å²) in [6, 6.07) is 23.7. The first-order valence-corrected chi connectivity index (χ1v) is 9.46. The minimum Gasteiger partial charge on any atom is -0.461 e. The minimum atomic E-state index is -3.79. The van der Waals surface area contributed by atoms with Gasteiger partial charge in [-0.05, 0) is 23.6 Å². The molecule has 0 aliphatic rings. The van der Waals surface area contributed by atoms with Gasteiger partial charge < -0.3 is 4.74 Å². The lowest BCUT2D eigenvalue weighted by atomic mass is 9.94. The number of hydrogen-bond acceptors (Lipinski definition) is 3. The van der Waals surface area contributed by atoms with Crippen LogP contribution in [0.4, 0.5) is 8.78 Å². The number of ether oxygens (including phenoxy) is 1. The summed E-state index contributed by atoms with van der Waals surface area (Å²) < 4.78 is 33.4. The Bertz CT molecular complexity index is 1040. The average molecular weight is 406 g/mol. The number of halogens is 2. The van der Waals surface area contributed by atoms with Gasteiger partial charge in [0.15, 0.2) is 5.78 Å². The molecule has 152 valence electrons. The Kier molecular flexibility index (Phi) is 6.52. The van der Waals surface area contributed by atoms with E-state index in [4.69, 9.17) is 0 Å². The molecule has 0 amide bonds. The second-order valence-electron chi connectivity index (χ2n) is 6.54. The zero-order chi connectivity index (χ0) is 21.6. The van der Waals surface area contributed by atoms with Crippen molar-refractivity contribution in [3.8, 4) is 0 Å². The number of hydrogen-bond donors (Lipinski definition) is 0. The van der Waals surface area contributed by atoms with E-state index in [2.05, 4.69) is 4.74 Å². The van der Waals surface area contributed by atoms with Crippen molar-refractivity contribution >= 4 is 17.3 Å². The second kappa shape index (κ2) is 9.27. The highest BCUT2D eigenvalue weighted by Crippen LogP contribution is 2.30. The second-order valence-corrected chi connectivity index (χ2v) is 6.54. The number of benzene rings is 3. The van der Waals surface area contributed by atoms with Crippen LogP contribution in [0.1, 0.15) is 34.0 Å². The lowest BCUT2D eigenvalue weighted by Gasteiger charge is -2.15. The van der Waals surface area contributed by atoms with E-state index in [-0.39, 0.29) is 18.0 Å². The van der Waals surface area contributed by atoms with E-state index in [1.165, 1.54) is 6.92 Å². The lowest BCUT2D eigenvalue weighted by Crippen LogP contribution is -2.29. The predicted octanol–water partition coefficient (Wildman–Crippen LogP) is 5.55. The van der Waals surface area contributed by atoms with Gasteiger partial charge in [-0.1, -0.05) is 84.9 Å². The van der Waals surface area contributed by atoms with E-state index in [9.17, 15) is 18.4 Å². The zero-order valence-electron chi connectivity index (χ0n) is 16.3. The third kappa shape index (κ3) is 4.87. The molecule has 0 unspecified atom stereocenters. The van der Waals surface area contributed by atoms with Gasteiger partial charge in [0, 0.05) is 17.2 Å². The van der Waals surface area contributed by atoms with Crippen LogP contribution in [0.25, 0.3) is 5.57 Å². The number of rotatable bonds is 7. The molecular weight excluding hydrogens is 386 g/mol. The Labute approximate surface area is 173 Å². The Morgan fingerprint density at radius 2 is 1.20 bits per heavy atom. The maximum Gasteiger partial charge on any atom is 0.381 e. The van der Waals surface area contributed by atoms with Gasteiger partial charge >= 0.3 is 11.9 Å². The highest BCUT2D eigenvalue weighted by Gasteiger charge is 2.38. The van der Waals surface area contributed by atoms with Crippen LogP contribution in [0.3, 0.4) is 0 Å². The smallest absolute Gasteiger partial charge is 0.381 e. The molecule has 5 heteroatoms. The van der Waals surface area contributed by atoms with Gasteiger partial charge in [-0.15, -0.1) is 0 Å². The van der Waals surface area contributed by atoms with Gasteiger partial charge in [-0.25, -0.2) is 4.79 Å². The fraction of sp³-hybridized carbons (Fsp3) is 0.120. The topological polar surface area (TPSA) is 43.4 Å². The summed E-state index contributed by atoms with van der Waals surface area (Å²) in [6.45, 7) is 1.33. The molecule has 3 aromatic carbocycles. The molecule has 30 heavy (non-hydrogen) atoms. The highest BCUT2D eigenvalue weighted by atomic mass is 19.3. The molecule has 3 nitrogen and oxygen atoms in total. The maximum absolute atomic E-state index is 14.4. The number of ketones is 1. The van der Waals surface area contributed by atoms with Crippen molar-refractivity contribution in [2.45, 2.75) is 12.8 Å². The molecule has 0 saturated carbocycles. The van der Waals surface area contributed by atoms with Crippen molar-refractivity contribution in [1.29, 1.82) is 0 Å². The van der Waals surface area contributed by atoms with Gasteiger partial charge in [0.2, 0.25) is 0 Å². The van der Waals surface area contributed by atoms with Crippen molar-refractivity contribution in [2.75, 3.05) is 6.61 Å². The molecule has 0 aromatic heterocycles. The van der Waals surface area contributed by atoms with Crippen molar-refractivity contribution in [3.63, 3.8) is 0 Å². The first kappa shape index (κ1) is 21.1. The van der Waals surface area contributed by atoms with Crippen molar-refractivity contribution in [3.05, 3.63) is 113 Å². The van der Waals surface area contributed by atoms with E-state index in [0.717, 1.165) is 0 Å². The van der Waals surface area contributed by atoms with Crippen LogP contribution in [-0.4, -0.2) is 24.3 Å². The van der Waals surface area contributed by atoms with Crippen LogP contribution in [-0.2, 0) is 9.53 Å². The summed E-state index contributed by atoms with van der Waals surface area (Å²) in [4.78, 5) is 24.3. The highest BCUT2D eigenvalue weighted by molar-refractivity contribution is 6.09. The zero-order valence-corrected chi connectivity index (χ0v) is 16.3. The number of alkyl halides is 2. The average Bonchev–Trinajstić information content (AvgIpc) is 2.78. The standard InChI is InChI=1S/C25H20F2O3/c1-2-30-24(29)25(26,27)17-22(18-9-5-3-6-10-18)19-13-15-21(16-14-19)23(28)20-11-7-4-8-12-20/h3-17H,2H2,1H3/b22-17-. The van der Waals surface area contributed by atoms with Gasteiger partial charge in [0.05, 0.1) is 6.61 Å².